The van der Waals surface area contributed by atoms with E-state index in [1.54, 1.807) is 38.5 Å². The molecule has 0 aliphatic carbocycles. The Balaban J connectivity index is 1.57. The molecule has 29 heavy (non-hydrogen) atoms. The summed E-state index contributed by atoms with van der Waals surface area (Å²) in [5.41, 5.74) is 2.16. The van der Waals surface area contributed by atoms with E-state index in [1.165, 1.54) is 0 Å². The number of piperazine rings is 1. The molecule has 3 rings (SSSR count). The van der Waals surface area contributed by atoms with Crippen molar-refractivity contribution in [1.82, 2.24) is 10.2 Å². The van der Waals surface area contributed by atoms with Crippen LogP contribution in [-0.2, 0) is 4.74 Å². The zero-order valence-electron chi connectivity index (χ0n) is 16.9. The first-order valence-electron chi connectivity index (χ1n) is 9.68. The molecule has 0 saturated carbocycles. The maximum atomic E-state index is 12.8. The third kappa shape index (κ3) is 5.06. The van der Waals surface area contributed by atoms with E-state index in [1.807, 2.05) is 29.2 Å². The molecule has 0 spiro atoms. The summed E-state index contributed by atoms with van der Waals surface area (Å²) in [6, 6.07) is 14.7. The van der Waals surface area contributed by atoms with E-state index in [0.717, 1.165) is 24.5 Å². The summed E-state index contributed by atoms with van der Waals surface area (Å²) >= 11 is 0. The molecule has 1 N–H and O–H groups in total. The van der Waals surface area contributed by atoms with Crippen LogP contribution in [0, 0.1) is 0 Å². The van der Waals surface area contributed by atoms with Crippen LogP contribution in [-0.4, -0.2) is 70.3 Å². The highest BCUT2D eigenvalue weighted by molar-refractivity contribution is 5.97. The SMILES string of the molecule is COCCNC(=O)c1ccc(C(=O)N2CCN(c3ccccc3OC)CC2)cc1. The molecule has 0 atom stereocenters. The van der Waals surface area contributed by atoms with Crippen molar-refractivity contribution < 1.29 is 19.1 Å². The number of nitrogens with zero attached hydrogens (tertiary/aromatic N) is 2. The number of hydrogen-bond acceptors (Lipinski definition) is 5. The Hall–Kier alpha value is -3.06. The summed E-state index contributed by atoms with van der Waals surface area (Å²) in [7, 11) is 3.25. The summed E-state index contributed by atoms with van der Waals surface area (Å²) in [5.74, 6) is 0.647. The Morgan fingerprint density at radius 3 is 2.24 bits per heavy atom. The van der Waals surface area contributed by atoms with Crippen molar-refractivity contribution in [2.45, 2.75) is 0 Å². The number of para-hydroxylation sites is 2. The quantitative estimate of drug-likeness (QED) is 0.724. The van der Waals surface area contributed by atoms with Crippen molar-refractivity contribution in [2.24, 2.45) is 0 Å². The minimum atomic E-state index is -0.175. The van der Waals surface area contributed by atoms with Gasteiger partial charge in [0.2, 0.25) is 0 Å². The number of anilines is 1. The Kier molecular flexibility index (Phi) is 7.08. The fourth-order valence-electron chi connectivity index (χ4n) is 3.36. The second kappa shape index (κ2) is 9.93. The first kappa shape index (κ1) is 20.7. The molecule has 1 heterocycles. The molecular weight excluding hydrogens is 370 g/mol. The van der Waals surface area contributed by atoms with Gasteiger partial charge < -0.3 is 24.6 Å². The molecule has 1 aliphatic rings. The summed E-state index contributed by atoms with van der Waals surface area (Å²) < 4.78 is 10.4. The van der Waals surface area contributed by atoms with Gasteiger partial charge in [0.25, 0.3) is 11.8 Å². The lowest BCUT2D eigenvalue weighted by Gasteiger charge is -2.36. The lowest BCUT2D eigenvalue weighted by atomic mass is 10.1. The maximum Gasteiger partial charge on any atom is 0.253 e. The third-order valence-electron chi connectivity index (χ3n) is 4.98. The average molecular weight is 397 g/mol. The Bertz CT molecular complexity index is 830. The number of nitrogens with one attached hydrogen (secondary N) is 1. The Morgan fingerprint density at radius 2 is 1.59 bits per heavy atom. The van der Waals surface area contributed by atoms with Gasteiger partial charge in [-0.25, -0.2) is 0 Å². The normalized spacial score (nSPS) is 13.9. The van der Waals surface area contributed by atoms with Crippen molar-refractivity contribution in [1.29, 1.82) is 0 Å². The minimum absolute atomic E-state index is 0.0176. The lowest BCUT2D eigenvalue weighted by molar-refractivity contribution is 0.0746. The first-order valence-corrected chi connectivity index (χ1v) is 9.68. The van der Waals surface area contributed by atoms with E-state index < -0.39 is 0 Å². The highest BCUT2D eigenvalue weighted by Gasteiger charge is 2.23. The van der Waals surface area contributed by atoms with Crippen LogP contribution >= 0.6 is 0 Å². The maximum absolute atomic E-state index is 12.8. The summed E-state index contributed by atoms with van der Waals surface area (Å²) in [4.78, 5) is 29.0. The number of ether oxygens (including phenoxy) is 2. The van der Waals surface area contributed by atoms with Gasteiger partial charge in [0, 0.05) is 51.0 Å². The third-order valence-corrected chi connectivity index (χ3v) is 4.98. The van der Waals surface area contributed by atoms with Gasteiger partial charge in [-0.05, 0) is 36.4 Å². The highest BCUT2D eigenvalue weighted by Crippen LogP contribution is 2.28. The number of methoxy groups -OCH3 is 2. The van der Waals surface area contributed by atoms with E-state index in [0.29, 0.717) is 37.4 Å². The topological polar surface area (TPSA) is 71.1 Å². The monoisotopic (exact) mass is 397 g/mol. The zero-order chi connectivity index (χ0) is 20.6. The van der Waals surface area contributed by atoms with Gasteiger partial charge in [-0.15, -0.1) is 0 Å². The van der Waals surface area contributed by atoms with E-state index in [-0.39, 0.29) is 11.8 Å². The fourth-order valence-corrected chi connectivity index (χ4v) is 3.36. The molecular formula is C22H27N3O4. The highest BCUT2D eigenvalue weighted by atomic mass is 16.5. The number of hydrogen-bond donors (Lipinski definition) is 1. The molecule has 0 bridgehead atoms. The van der Waals surface area contributed by atoms with Crippen LogP contribution in [0.2, 0.25) is 0 Å². The number of rotatable bonds is 7. The van der Waals surface area contributed by atoms with Crippen LogP contribution in [0.4, 0.5) is 5.69 Å². The van der Waals surface area contributed by atoms with E-state index in [2.05, 4.69) is 10.2 Å². The van der Waals surface area contributed by atoms with Crippen LogP contribution in [0.1, 0.15) is 20.7 Å². The van der Waals surface area contributed by atoms with Crippen LogP contribution in [0.5, 0.6) is 5.75 Å². The molecule has 2 aromatic carbocycles. The number of benzene rings is 2. The second-order valence-corrected chi connectivity index (χ2v) is 6.78. The Morgan fingerprint density at radius 1 is 0.931 bits per heavy atom. The summed E-state index contributed by atoms with van der Waals surface area (Å²) in [5, 5.41) is 2.77. The van der Waals surface area contributed by atoms with Crippen LogP contribution in [0.15, 0.2) is 48.5 Å². The van der Waals surface area contributed by atoms with Crippen molar-refractivity contribution in [2.75, 3.05) is 58.5 Å². The molecule has 1 saturated heterocycles. The van der Waals surface area contributed by atoms with Gasteiger partial charge >= 0.3 is 0 Å². The van der Waals surface area contributed by atoms with Crippen LogP contribution in [0.3, 0.4) is 0 Å². The number of carbonyl (C=O) groups excluding carboxylic acids is 2. The van der Waals surface area contributed by atoms with E-state index >= 15 is 0 Å². The molecule has 0 aromatic heterocycles. The average Bonchev–Trinajstić information content (AvgIpc) is 2.79. The molecule has 7 heteroatoms. The predicted molar refractivity (Wildman–Crippen MR) is 112 cm³/mol. The molecule has 2 aromatic rings. The molecule has 0 unspecified atom stereocenters. The molecule has 1 aliphatic heterocycles. The predicted octanol–water partition coefficient (Wildman–Crippen LogP) is 2.03. The largest absolute Gasteiger partial charge is 0.495 e. The van der Waals surface area contributed by atoms with Gasteiger partial charge in [0.05, 0.1) is 19.4 Å². The zero-order valence-corrected chi connectivity index (χ0v) is 16.9. The Labute approximate surface area is 171 Å². The smallest absolute Gasteiger partial charge is 0.253 e. The van der Waals surface area contributed by atoms with Gasteiger partial charge in [-0.3, -0.25) is 9.59 Å². The standard InChI is InChI=1S/C22H27N3O4/c1-28-16-11-23-21(26)17-7-9-18(10-8-17)22(27)25-14-12-24(13-15-25)19-5-3-4-6-20(19)29-2/h3-10H,11-16H2,1-2H3,(H,23,26). The fraction of sp³-hybridized carbons (Fsp3) is 0.364. The molecule has 0 radical (unpaired) electrons. The number of amides is 2. The van der Waals surface area contributed by atoms with Gasteiger partial charge in [0.15, 0.2) is 0 Å². The summed E-state index contributed by atoms with van der Waals surface area (Å²) in [6.45, 7) is 3.67. The molecule has 7 nitrogen and oxygen atoms in total. The molecule has 154 valence electrons. The summed E-state index contributed by atoms with van der Waals surface area (Å²) in [6.07, 6.45) is 0. The van der Waals surface area contributed by atoms with E-state index in [4.69, 9.17) is 9.47 Å². The van der Waals surface area contributed by atoms with E-state index in [9.17, 15) is 9.59 Å². The second-order valence-electron chi connectivity index (χ2n) is 6.78. The van der Waals surface area contributed by atoms with Gasteiger partial charge in [-0.1, -0.05) is 12.1 Å². The molecule has 1 fully saturated rings. The van der Waals surface area contributed by atoms with Crippen LogP contribution < -0.4 is 15.0 Å². The van der Waals surface area contributed by atoms with Crippen molar-refractivity contribution in [3.05, 3.63) is 59.7 Å². The first-order chi connectivity index (χ1) is 14.1. The van der Waals surface area contributed by atoms with Crippen LogP contribution in [0.25, 0.3) is 0 Å². The van der Waals surface area contributed by atoms with Gasteiger partial charge in [-0.2, -0.15) is 0 Å². The van der Waals surface area contributed by atoms with Gasteiger partial charge in [0.1, 0.15) is 5.75 Å². The van der Waals surface area contributed by atoms with Crippen molar-refractivity contribution >= 4 is 17.5 Å². The lowest BCUT2D eigenvalue weighted by Crippen LogP contribution is -2.48. The molecule has 2 amide bonds. The minimum Gasteiger partial charge on any atom is -0.495 e. The number of carbonyl (C=O) groups is 2. The van der Waals surface area contributed by atoms with Crippen molar-refractivity contribution in [3.8, 4) is 5.75 Å². The van der Waals surface area contributed by atoms with Crippen molar-refractivity contribution in [3.63, 3.8) is 0 Å².